The lowest BCUT2D eigenvalue weighted by atomic mass is 10.0. The van der Waals surface area contributed by atoms with E-state index < -0.39 is 9.84 Å². The van der Waals surface area contributed by atoms with Gasteiger partial charge in [0.25, 0.3) is 0 Å². The second-order valence-electron chi connectivity index (χ2n) is 7.03. The van der Waals surface area contributed by atoms with Gasteiger partial charge in [-0.3, -0.25) is 9.78 Å². The van der Waals surface area contributed by atoms with Crippen LogP contribution in [-0.2, 0) is 9.84 Å². The molecule has 0 saturated heterocycles. The number of aryl methyl sites for hydroxylation is 2. The first-order valence-electron chi connectivity index (χ1n) is 9.19. The number of sulfone groups is 1. The number of benzene rings is 3. The molecule has 0 aliphatic carbocycles. The highest BCUT2D eigenvalue weighted by Gasteiger charge is 2.28. The van der Waals surface area contributed by atoms with E-state index in [9.17, 15) is 13.2 Å². The molecule has 1 aromatic heterocycles. The Balaban J connectivity index is 2.00. The van der Waals surface area contributed by atoms with Crippen molar-refractivity contribution in [2.24, 2.45) is 0 Å². The number of carbonyl (C=O) groups excluding carboxylic acids is 1. The molecule has 29 heavy (non-hydrogen) atoms. The topological polar surface area (TPSA) is 64.1 Å². The summed E-state index contributed by atoms with van der Waals surface area (Å²) in [5, 5.41) is 0.436. The molecule has 3 aromatic carbocycles. The summed E-state index contributed by atoms with van der Waals surface area (Å²) in [6, 6.07) is 20.7. The fourth-order valence-corrected chi connectivity index (χ4v) is 4.89. The zero-order valence-electron chi connectivity index (χ0n) is 16.1. The fourth-order valence-electron chi connectivity index (χ4n) is 3.26. The van der Waals surface area contributed by atoms with Crippen LogP contribution in [0.25, 0.3) is 10.9 Å². The van der Waals surface area contributed by atoms with Crippen LogP contribution in [0.4, 0.5) is 0 Å². The number of aromatic nitrogens is 1. The lowest BCUT2D eigenvalue weighted by Gasteiger charge is -2.13. The third-order valence-corrected chi connectivity index (χ3v) is 6.75. The van der Waals surface area contributed by atoms with Gasteiger partial charge in [-0.1, -0.05) is 65.7 Å². The summed E-state index contributed by atoms with van der Waals surface area (Å²) in [6.07, 6.45) is 1.37. The van der Waals surface area contributed by atoms with Crippen LogP contribution in [0.1, 0.15) is 27.0 Å². The van der Waals surface area contributed by atoms with E-state index in [1.54, 1.807) is 60.7 Å². The summed E-state index contributed by atoms with van der Waals surface area (Å²) in [4.78, 5) is 17.7. The highest BCUT2D eigenvalue weighted by atomic mass is 32.2. The Labute approximate surface area is 169 Å². The summed E-state index contributed by atoms with van der Waals surface area (Å²) in [5.74, 6) is -0.367. The van der Waals surface area contributed by atoms with Crippen LogP contribution >= 0.6 is 0 Å². The lowest BCUT2D eigenvalue weighted by molar-refractivity contribution is 0.103. The van der Waals surface area contributed by atoms with E-state index in [0.717, 1.165) is 11.1 Å². The van der Waals surface area contributed by atoms with Crippen LogP contribution in [0.2, 0.25) is 0 Å². The Morgan fingerprint density at radius 2 is 1.38 bits per heavy atom. The maximum Gasteiger partial charge on any atom is 0.208 e. The molecule has 5 heteroatoms. The molecular formula is C24H19NO3S. The molecule has 0 aliphatic heterocycles. The van der Waals surface area contributed by atoms with Gasteiger partial charge in [0.2, 0.25) is 9.84 Å². The minimum atomic E-state index is -3.94. The molecule has 0 bridgehead atoms. The zero-order valence-corrected chi connectivity index (χ0v) is 16.9. The average Bonchev–Trinajstić information content (AvgIpc) is 2.73. The minimum Gasteiger partial charge on any atom is -0.289 e. The number of rotatable bonds is 4. The molecule has 0 unspecified atom stereocenters. The Morgan fingerprint density at radius 1 is 0.793 bits per heavy atom. The standard InChI is InChI=1S/C24H19NO3S/c1-16-7-11-18(12-8-16)23(26)21-15-25-22-6-4-3-5-20(22)24(21)29(27,28)19-13-9-17(2)10-14-19/h3-15H,1-2H3. The van der Waals surface area contributed by atoms with Gasteiger partial charge in [0.15, 0.2) is 5.78 Å². The molecule has 1 heterocycles. The van der Waals surface area contributed by atoms with Crippen LogP contribution in [0.3, 0.4) is 0 Å². The monoisotopic (exact) mass is 401 g/mol. The first kappa shape index (κ1) is 19.0. The van der Waals surface area contributed by atoms with Crippen LogP contribution in [-0.4, -0.2) is 19.2 Å². The first-order valence-corrected chi connectivity index (χ1v) is 10.7. The Bertz CT molecular complexity index is 1320. The maximum atomic E-state index is 13.6. The van der Waals surface area contributed by atoms with Crippen molar-refractivity contribution in [2.45, 2.75) is 23.6 Å². The predicted molar refractivity (Wildman–Crippen MR) is 113 cm³/mol. The zero-order chi connectivity index (χ0) is 20.6. The van der Waals surface area contributed by atoms with Gasteiger partial charge in [-0.15, -0.1) is 0 Å². The molecule has 0 N–H and O–H groups in total. The third-order valence-electron chi connectivity index (χ3n) is 4.88. The van der Waals surface area contributed by atoms with Crippen molar-refractivity contribution in [3.05, 3.63) is 101 Å². The second-order valence-corrected chi connectivity index (χ2v) is 8.92. The minimum absolute atomic E-state index is 0.00229. The summed E-state index contributed by atoms with van der Waals surface area (Å²) in [5.41, 5.74) is 3.00. The highest BCUT2D eigenvalue weighted by Crippen LogP contribution is 2.32. The van der Waals surface area contributed by atoms with E-state index in [1.807, 2.05) is 26.0 Å². The summed E-state index contributed by atoms with van der Waals surface area (Å²) in [6.45, 7) is 3.82. The SMILES string of the molecule is Cc1ccc(C(=O)c2cnc3ccccc3c2S(=O)(=O)c2ccc(C)cc2)cc1. The van der Waals surface area contributed by atoms with Crippen molar-refractivity contribution in [3.63, 3.8) is 0 Å². The van der Waals surface area contributed by atoms with Gasteiger partial charge in [0.05, 0.1) is 20.9 Å². The summed E-state index contributed by atoms with van der Waals surface area (Å²) in [7, 11) is -3.94. The molecule has 0 radical (unpaired) electrons. The number of carbonyl (C=O) groups is 1. The van der Waals surface area contributed by atoms with Gasteiger partial charge in [-0.25, -0.2) is 8.42 Å². The van der Waals surface area contributed by atoms with Gasteiger partial charge >= 0.3 is 0 Å². The van der Waals surface area contributed by atoms with Crippen molar-refractivity contribution in [1.29, 1.82) is 0 Å². The molecule has 0 saturated carbocycles. The van der Waals surface area contributed by atoms with Gasteiger partial charge in [-0.2, -0.15) is 0 Å². The smallest absolute Gasteiger partial charge is 0.208 e. The van der Waals surface area contributed by atoms with E-state index in [-0.39, 0.29) is 21.1 Å². The van der Waals surface area contributed by atoms with E-state index in [4.69, 9.17) is 0 Å². The number of para-hydroxylation sites is 1. The number of fused-ring (bicyclic) bond motifs is 1. The molecule has 4 aromatic rings. The lowest BCUT2D eigenvalue weighted by Crippen LogP contribution is -2.12. The Hall–Kier alpha value is -3.31. The Morgan fingerprint density at radius 3 is 2.03 bits per heavy atom. The molecule has 0 atom stereocenters. The van der Waals surface area contributed by atoms with Crippen molar-refractivity contribution < 1.29 is 13.2 Å². The maximum absolute atomic E-state index is 13.6. The molecule has 144 valence electrons. The number of hydrogen-bond donors (Lipinski definition) is 0. The van der Waals surface area contributed by atoms with Gasteiger partial charge in [0, 0.05) is 17.1 Å². The van der Waals surface area contributed by atoms with Crippen molar-refractivity contribution in [2.75, 3.05) is 0 Å². The van der Waals surface area contributed by atoms with Crippen molar-refractivity contribution in [1.82, 2.24) is 4.98 Å². The van der Waals surface area contributed by atoms with Crippen molar-refractivity contribution in [3.8, 4) is 0 Å². The molecule has 0 spiro atoms. The Kier molecular flexibility index (Phi) is 4.76. The van der Waals surface area contributed by atoms with Gasteiger partial charge in [0.1, 0.15) is 0 Å². The fraction of sp³-hybridized carbons (Fsp3) is 0.0833. The van der Waals surface area contributed by atoms with Crippen molar-refractivity contribution >= 4 is 26.5 Å². The molecule has 0 aliphatic rings. The number of pyridine rings is 1. The largest absolute Gasteiger partial charge is 0.289 e. The first-order chi connectivity index (χ1) is 13.9. The molecule has 4 nitrogen and oxygen atoms in total. The predicted octanol–water partition coefficient (Wildman–Crippen LogP) is 4.92. The summed E-state index contributed by atoms with van der Waals surface area (Å²) >= 11 is 0. The second kappa shape index (κ2) is 7.26. The van der Waals surface area contributed by atoms with Crippen LogP contribution in [0, 0.1) is 13.8 Å². The quantitative estimate of drug-likeness (QED) is 0.456. The number of hydrogen-bond acceptors (Lipinski definition) is 4. The number of nitrogens with zero attached hydrogens (tertiary/aromatic N) is 1. The summed E-state index contributed by atoms with van der Waals surface area (Å²) < 4.78 is 27.2. The van der Waals surface area contributed by atoms with Gasteiger partial charge < -0.3 is 0 Å². The molecule has 0 fully saturated rings. The molecule has 4 rings (SSSR count). The van der Waals surface area contributed by atoms with Gasteiger partial charge in [-0.05, 0) is 32.0 Å². The van der Waals surface area contributed by atoms with E-state index in [0.29, 0.717) is 16.5 Å². The van der Waals surface area contributed by atoms with E-state index in [2.05, 4.69) is 4.98 Å². The van der Waals surface area contributed by atoms with Crippen LogP contribution in [0.5, 0.6) is 0 Å². The van der Waals surface area contributed by atoms with E-state index >= 15 is 0 Å². The third kappa shape index (κ3) is 3.45. The number of ketones is 1. The van der Waals surface area contributed by atoms with Crippen LogP contribution < -0.4 is 0 Å². The van der Waals surface area contributed by atoms with E-state index in [1.165, 1.54) is 6.20 Å². The molecular weight excluding hydrogens is 382 g/mol. The normalized spacial score (nSPS) is 11.5. The average molecular weight is 401 g/mol. The highest BCUT2D eigenvalue weighted by molar-refractivity contribution is 7.91. The molecule has 0 amide bonds. The van der Waals surface area contributed by atoms with Crippen LogP contribution in [0.15, 0.2) is 88.8 Å².